The number of fused-ring (bicyclic) bond motifs is 1. The van der Waals surface area contributed by atoms with E-state index in [9.17, 15) is 18.0 Å². The van der Waals surface area contributed by atoms with Crippen LogP contribution in [0.1, 0.15) is 60.9 Å². The molecule has 1 aromatic heterocycles. The Balaban J connectivity index is 1.01. The number of amides is 1. The molecule has 0 radical (unpaired) electrons. The van der Waals surface area contributed by atoms with Gasteiger partial charge in [-0.05, 0) is 98.6 Å². The van der Waals surface area contributed by atoms with E-state index < -0.39 is 11.7 Å². The summed E-state index contributed by atoms with van der Waals surface area (Å²) >= 11 is 0. The van der Waals surface area contributed by atoms with Crippen LogP contribution in [0.5, 0.6) is 11.5 Å². The SMILES string of the molecule is O=C(Nc1ncnc2c1CCN(Cc1cccc(Oc3cccc(C(F)(F)F)c3)c1)C2)C12CC3CC(CC(C3)C1)C2. The third-order valence-electron chi connectivity index (χ3n) is 9.54. The molecule has 4 fully saturated rings. The number of hydrogen-bond acceptors (Lipinski definition) is 5. The van der Waals surface area contributed by atoms with E-state index in [2.05, 4.69) is 20.2 Å². The lowest BCUT2D eigenvalue weighted by Gasteiger charge is -2.55. The molecule has 1 N–H and O–H groups in total. The van der Waals surface area contributed by atoms with Crippen molar-refractivity contribution in [3.63, 3.8) is 0 Å². The Morgan fingerprint density at radius 2 is 1.66 bits per heavy atom. The maximum absolute atomic E-state index is 13.6. The van der Waals surface area contributed by atoms with Gasteiger partial charge in [-0.25, -0.2) is 9.97 Å². The lowest BCUT2D eigenvalue weighted by atomic mass is 9.49. The number of halogens is 3. The minimum absolute atomic E-state index is 0.142. The fourth-order valence-corrected chi connectivity index (χ4v) is 8.12. The Bertz CT molecular complexity index is 1440. The minimum atomic E-state index is -4.42. The quantitative estimate of drug-likeness (QED) is 0.350. The van der Waals surface area contributed by atoms with Crippen molar-refractivity contribution < 1.29 is 22.7 Å². The first-order valence-corrected chi connectivity index (χ1v) is 14.5. The molecule has 4 aliphatic carbocycles. The molecule has 2 aromatic carbocycles. The molecule has 8 rings (SSSR count). The fraction of sp³-hybridized carbons (Fsp3) is 0.469. The van der Waals surface area contributed by atoms with Gasteiger partial charge in [0.2, 0.25) is 5.91 Å². The first-order chi connectivity index (χ1) is 19.7. The number of carbonyl (C=O) groups excluding carboxylic acids is 1. The van der Waals surface area contributed by atoms with Crippen LogP contribution >= 0.6 is 0 Å². The van der Waals surface area contributed by atoms with Crippen LogP contribution in [0.15, 0.2) is 54.9 Å². The summed E-state index contributed by atoms with van der Waals surface area (Å²) in [7, 11) is 0. The van der Waals surface area contributed by atoms with Crippen molar-refractivity contribution in [1.29, 1.82) is 0 Å². The maximum Gasteiger partial charge on any atom is 0.416 e. The first-order valence-electron chi connectivity index (χ1n) is 14.5. The van der Waals surface area contributed by atoms with E-state index in [-0.39, 0.29) is 17.1 Å². The Labute approximate surface area is 237 Å². The van der Waals surface area contributed by atoms with Gasteiger partial charge < -0.3 is 10.1 Å². The van der Waals surface area contributed by atoms with Gasteiger partial charge >= 0.3 is 6.18 Å². The summed E-state index contributed by atoms with van der Waals surface area (Å²) in [4.78, 5) is 25.0. The van der Waals surface area contributed by atoms with Crippen LogP contribution in [0.3, 0.4) is 0 Å². The van der Waals surface area contributed by atoms with E-state index in [1.807, 2.05) is 18.2 Å². The Morgan fingerprint density at radius 3 is 2.37 bits per heavy atom. The summed E-state index contributed by atoms with van der Waals surface area (Å²) < 4.78 is 45.0. The number of alkyl halides is 3. The number of carbonyl (C=O) groups is 1. The van der Waals surface area contributed by atoms with Crippen molar-refractivity contribution in [3.8, 4) is 11.5 Å². The van der Waals surface area contributed by atoms with Crippen molar-refractivity contribution in [2.75, 3.05) is 11.9 Å². The Hall–Kier alpha value is -3.46. The second-order valence-corrected chi connectivity index (χ2v) is 12.5. The molecular weight excluding hydrogens is 529 g/mol. The molecule has 4 saturated carbocycles. The summed E-state index contributed by atoms with van der Waals surface area (Å²) in [5.74, 6) is 3.54. The van der Waals surface area contributed by atoms with Gasteiger partial charge in [-0.1, -0.05) is 18.2 Å². The summed E-state index contributed by atoms with van der Waals surface area (Å²) in [6.07, 6.45) is 4.79. The third kappa shape index (κ3) is 5.32. The molecule has 0 spiro atoms. The molecular formula is C32H33F3N4O2. The number of ether oxygens (including phenoxy) is 1. The highest BCUT2D eigenvalue weighted by Gasteiger charge is 2.54. The number of hydrogen-bond donors (Lipinski definition) is 1. The van der Waals surface area contributed by atoms with Crippen molar-refractivity contribution in [2.45, 2.75) is 64.2 Å². The largest absolute Gasteiger partial charge is 0.457 e. The molecule has 1 aliphatic heterocycles. The Morgan fingerprint density at radius 1 is 0.976 bits per heavy atom. The molecule has 0 unspecified atom stereocenters. The predicted molar refractivity (Wildman–Crippen MR) is 147 cm³/mol. The zero-order chi connectivity index (χ0) is 28.2. The van der Waals surface area contributed by atoms with Crippen LogP contribution in [0.2, 0.25) is 0 Å². The molecule has 4 bridgehead atoms. The van der Waals surface area contributed by atoms with Crippen LogP contribution in [0, 0.1) is 23.2 Å². The highest BCUT2D eigenvalue weighted by molar-refractivity contribution is 5.95. The zero-order valence-electron chi connectivity index (χ0n) is 22.8. The average molecular weight is 563 g/mol. The number of nitrogens with one attached hydrogen (secondary N) is 1. The van der Waals surface area contributed by atoms with Gasteiger partial charge in [-0.15, -0.1) is 0 Å². The summed E-state index contributed by atoms with van der Waals surface area (Å²) in [6.45, 7) is 2.04. The lowest BCUT2D eigenvalue weighted by molar-refractivity contribution is -0.140. The molecule has 2 heterocycles. The first kappa shape index (κ1) is 26.4. The van der Waals surface area contributed by atoms with Gasteiger partial charge in [0.1, 0.15) is 23.6 Å². The molecule has 41 heavy (non-hydrogen) atoms. The summed E-state index contributed by atoms with van der Waals surface area (Å²) in [6, 6.07) is 12.3. The van der Waals surface area contributed by atoms with Crippen molar-refractivity contribution in [1.82, 2.24) is 14.9 Å². The van der Waals surface area contributed by atoms with E-state index >= 15 is 0 Å². The molecule has 6 nitrogen and oxygen atoms in total. The third-order valence-corrected chi connectivity index (χ3v) is 9.54. The standard InChI is InChI=1S/C32H33F3N4O2/c33-32(34,35)24-4-2-6-26(13-24)41-25-5-1-3-20(12-25)17-39-8-7-27-28(18-39)36-19-37-29(27)38-30(40)31-14-21-9-22(15-31)11-23(10-21)16-31/h1-6,12-13,19,21-23H,7-11,14-18H2,(H,36,37,38,40). The average Bonchev–Trinajstić information content (AvgIpc) is 2.92. The fourth-order valence-electron chi connectivity index (χ4n) is 8.12. The van der Waals surface area contributed by atoms with E-state index in [4.69, 9.17) is 4.74 Å². The molecule has 1 amide bonds. The molecule has 5 aliphatic rings. The topological polar surface area (TPSA) is 67.4 Å². The van der Waals surface area contributed by atoms with Crippen LogP contribution < -0.4 is 10.1 Å². The van der Waals surface area contributed by atoms with E-state index in [1.54, 1.807) is 12.4 Å². The number of benzene rings is 2. The Kier molecular flexibility index (Phi) is 6.52. The van der Waals surface area contributed by atoms with Gasteiger partial charge in [0.15, 0.2) is 0 Å². The van der Waals surface area contributed by atoms with Crippen LogP contribution in [-0.2, 0) is 30.5 Å². The van der Waals surface area contributed by atoms with Crippen LogP contribution in [0.4, 0.5) is 19.0 Å². The molecule has 9 heteroatoms. The predicted octanol–water partition coefficient (Wildman–Crippen LogP) is 7.00. The highest BCUT2D eigenvalue weighted by Crippen LogP contribution is 2.60. The van der Waals surface area contributed by atoms with Crippen LogP contribution in [-0.4, -0.2) is 27.3 Å². The number of nitrogens with zero attached hydrogens (tertiary/aromatic N) is 3. The second-order valence-electron chi connectivity index (χ2n) is 12.5. The van der Waals surface area contributed by atoms with E-state index in [0.717, 1.165) is 61.2 Å². The zero-order valence-corrected chi connectivity index (χ0v) is 22.8. The van der Waals surface area contributed by atoms with Gasteiger partial charge in [-0.2, -0.15) is 13.2 Å². The van der Waals surface area contributed by atoms with E-state index in [0.29, 0.717) is 42.4 Å². The van der Waals surface area contributed by atoms with Gasteiger partial charge in [0.25, 0.3) is 0 Å². The summed E-state index contributed by atoms with van der Waals surface area (Å²) in [5.41, 5.74) is 1.96. The minimum Gasteiger partial charge on any atom is -0.457 e. The summed E-state index contributed by atoms with van der Waals surface area (Å²) in [5, 5.41) is 3.24. The van der Waals surface area contributed by atoms with Crippen molar-refractivity contribution in [2.24, 2.45) is 23.2 Å². The highest BCUT2D eigenvalue weighted by atomic mass is 19.4. The normalized spacial score (nSPS) is 27.0. The van der Waals surface area contributed by atoms with Crippen molar-refractivity contribution in [3.05, 3.63) is 77.2 Å². The monoisotopic (exact) mass is 562 g/mol. The van der Waals surface area contributed by atoms with Gasteiger partial charge in [0.05, 0.1) is 16.7 Å². The number of anilines is 1. The van der Waals surface area contributed by atoms with Gasteiger partial charge in [0, 0.05) is 25.2 Å². The molecule has 0 atom stereocenters. The second kappa shape index (κ2) is 10.1. The smallest absolute Gasteiger partial charge is 0.416 e. The lowest BCUT2D eigenvalue weighted by Crippen LogP contribution is -2.52. The molecule has 214 valence electrons. The molecule has 0 saturated heterocycles. The van der Waals surface area contributed by atoms with Crippen LogP contribution in [0.25, 0.3) is 0 Å². The van der Waals surface area contributed by atoms with Gasteiger partial charge in [-0.3, -0.25) is 9.69 Å². The van der Waals surface area contributed by atoms with Crippen molar-refractivity contribution >= 4 is 11.7 Å². The maximum atomic E-state index is 13.6. The number of rotatable bonds is 6. The number of aromatic nitrogens is 2. The molecule has 3 aromatic rings. The van der Waals surface area contributed by atoms with E-state index in [1.165, 1.54) is 31.4 Å².